The van der Waals surface area contributed by atoms with Crippen molar-refractivity contribution in [3.63, 3.8) is 0 Å². The Morgan fingerprint density at radius 1 is 1.22 bits per heavy atom. The van der Waals surface area contributed by atoms with Crippen molar-refractivity contribution >= 4 is 39.9 Å². The Kier molecular flexibility index (Phi) is 4.17. The van der Waals surface area contributed by atoms with Crippen LogP contribution in [0.25, 0.3) is 10.9 Å². The van der Waals surface area contributed by atoms with Crippen LogP contribution in [0.4, 0.5) is 11.5 Å². The molecule has 3 aromatic rings. The van der Waals surface area contributed by atoms with E-state index < -0.39 is 5.91 Å². The molecule has 3 N–H and O–H groups in total. The van der Waals surface area contributed by atoms with Gasteiger partial charge in [0.1, 0.15) is 5.82 Å². The van der Waals surface area contributed by atoms with Crippen molar-refractivity contribution in [1.82, 2.24) is 4.98 Å². The van der Waals surface area contributed by atoms with Crippen molar-refractivity contribution in [1.29, 1.82) is 0 Å². The molecule has 0 aliphatic carbocycles. The topological polar surface area (TPSA) is 68.0 Å². The molecule has 3 rings (SSSR count). The van der Waals surface area contributed by atoms with Gasteiger partial charge in [0.05, 0.1) is 21.8 Å². The Hall–Kier alpha value is -2.59. The van der Waals surface area contributed by atoms with Crippen LogP contribution in [-0.4, -0.2) is 10.9 Å². The minimum atomic E-state index is -0.534. The lowest BCUT2D eigenvalue weighted by Crippen LogP contribution is -2.14. The number of aryl methyl sites for hydroxylation is 1. The molecule has 0 atom stereocenters. The van der Waals surface area contributed by atoms with Gasteiger partial charge >= 0.3 is 0 Å². The monoisotopic (exact) mass is 325 g/mol. The Balaban J connectivity index is 2.14. The molecule has 4 nitrogen and oxygen atoms in total. The molecule has 116 valence electrons. The molecule has 0 aliphatic heterocycles. The van der Waals surface area contributed by atoms with Crippen LogP contribution in [0, 0.1) is 0 Å². The number of rotatable bonds is 4. The average molecular weight is 326 g/mol. The summed E-state index contributed by atoms with van der Waals surface area (Å²) in [6.45, 7) is 2.09. The third-order valence-electron chi connectivity index (χ3n) is 3.68. The highest BCUT2D eigenvalue weighted by Gasteiger charge is 2.13. The molecule has 1 heterocycles. The van der Waals surface area contributed by atoms with E-state index in [9.17, 15) is 4.79 Å². The van der Waals surface area contributed by atoms with Gasteiger partial charge in [0.2, 0.25) is 0 Å². The highest BCUT2D eigenvalue weighted by Crippen LogP contribution is 2.28. The van der Waals surface area contributed by atoms with Crippen LogP contribution in [0.2, 0.25) is 5.02 Å². The number of hydrogen-bond acceptors (Lipinski definition) is 3. The van der Waals surface area contributed by atoms with E-state index in [4.69, 9.17) is 17.3 Å². The zero-order valence-corrected chi connectivity index (χ0v) is 13.4. The van der Waals surface area contributed by atoms with E-state index in [-0.39, 0.29) is 0 Å². The van der Waals surface area contributed by atoms with Gasteiger partial charge in [-0.2, -0.15) is 0 Å². The number of carbonyl (C=O) groups excluding carboxylic acids is 1. The van der Waals surface area contributed by atoms with Crippen LogP contribution in [0.1, 0.15) is 22.8 Å². The lowest BCUT2D eigenvalue weighted by atomic mass is 10.1. The Labute approximate surface area is 139 Å². The summed E-state index contributed by atoms with van der Waals surface area (Å²) in [7, 11) is 0. The Morgan fingerprint density at radius 3 is 2.70 bits per heavy atom. The third kappa shape index (κ3) is 3.12. The number of hydrogen-bond donors (Lipinski definition) is 2. The maximum atomic E-state index is 11.8. The molecule has 0 bridgehead atoms. The summed E-state index contributed by atoms with van der Waals surface area (Å²) in [5.41, 5.74) is 8.50. The second-order valence-corrected chi connectivity index (χ2v) is 5.64. The predicted octanol–water partition coefficient (Wildman–Crippen LogP) is 4.29. The molecule has 0 unspecified atom stereocenters. The van der Waals surface area contributed by atoms with E-state index in [1.165, 1.54) is 5.56 Å². The molecule has 0 aliphatic rings. The van der Waals surface area contributed by atoms with Crippen LogP contribution in [-0.2, 0) is 6.42 Å². The molecule has 0 saturated carbocycles. The molecule has 5 heteroatoms. The number of carbonyl (C=O) groups is 1. The summed E-state index contributed by atoms with van der Waals surface area (Å²) in [6.07, 6.45) is 0.919. The van der Waals surface area contributed by atoms with Gasteiger partial charge in [-0.05, 0) is 36.2 Å². The van der Waals surface area contributed by atoms with Gasteiger partial charge in [0.15, 0.2) is 0 Å². The number of nitrogens with one attached hydrogen (secondary N) is 1. The fraction of sp³-hybridized carbons (Fsp3) is 0.111. The molecule has 2 aromatic carbocycles. The molecule has 1 amide bonds. The van der Waals surface area contributed by atoms with Crippen molar-refractivity contribution in [2.75, 3.05) is 5.32 Å². The summed E-state index contributed by atoms with van der Waals surface area (Å²) in [5.74, 6) is -0.125. The highest BCUT2D eigenvalue weighted by molar-refractivity contribution is 6.33. The van der Waals surface area contributed by atoms with Crippen LogP contribution in [0.5, 0.6) is 0 Å². The maximum absolute atomic E-state index is 11.8. The first kappa shape index (κ1) is 15.3. The average Bonchev–Trinajstić information content (AvgIpc) is 2.55. The zero-order valence-electron chi connectivity index (χ0n) is 12.6. The highest BCUT2D eigenvalue weighted by atomic mass is 35.5. The first-order valence-electron chi connectivity index (χ1n) is 7.33. The van der Waals surface area contributed by atoms with Gasteiger partial charge in [-0.25, -0.2) is 4.98 Å². The lowest BCUT2D eigenvalue weighted by molar-refractivity contribution is 0.100. The Bertz CT molecular complexity index is 893. The van der Waals surface area contributed by atoms with E-state index in [1.54, 1.807) is 12.1 Å². The van der Waals surface area contributed by atoms with Gasteiger partial charge in [-0.15, -0.1) is 0 Å². The van der Waals surface area contributed by atoms with Gasteiger partial charge in [0, 0.05) is 5.39 Å². The number of fused-ring (bicyclic) bond motifs is 1. The van der Waals surface area contributed by atoms with E-state index >= 15 is 0 Å². The van der Waals surface area contributed by atoms with Gasteiger partial charge in [0.25, 0.3) is 5.91 Å². The summed E-state index contributed by atoms with van der Waals surface area (Å²) >= 11 is 6.17. The number of aromatic nitrogens is 1. The second kappa shape index (κ2) is 6.26. The van der Waals surface area contributed by atoms with E-state index in [2.05, 4.69) is 17.2 Å². The number of amides is 1. The Morgan fingerprint density at radius 2 is 2.00 bits per heavy atom. The van der Waals surface area contributed by atoms with Crippen molar-refractivity contribution in [2.45, 2.75) is 13.3 Å². The molecule has 0 radical (unpaired) electrons. The number of para-hydroxylation sites is 1. The molecule has 23 heavy (non-hydrogen) atoms. The summed E-state index contributed by atoms with van der Waals surface area (Å²) in [5, 5.41) is 4.53. The molecule has 0 spiro atoms. The van der Waals surface area contributed by atoms with Gasteiger partial charge < -0.3 is 11.1 Å². The van der Waals surface area contributed by atoms with Crippen LogP contribution in [0.3, 0.4) is 0 Å². The quantitative estimate of drug-likeness (QED) is 0.751. The van der Waals surface area contributed by atoms with Crippen LogP contribution >= 0.6 is 11.6 Å². The molecule has 1 aromatic heterocycles. The summed E-state index contributed by atoms with van der Waals surface area (Å²) < 4.78 is 0. The third-order valence-corrected chi connectivity index (χ3v) is 4.01. The first-order chi connectivity index (χ1) is 11.1. The fourth-order valence-electron chi connectivity index (χ4n) is 2.41. The summed E-state index contributed by atoms with van der Waals surface area (Å²) in [4.78, 5) is 16.3. The van der Waals surface area contributed by atoms with Crippen LogP contribution in [0.15, 0.2) is 48.5 Å². The van der Waals surface area contributed by atoms with Crippen molar-refractivity contribution in [3.05, 3.63) is 64.7 Å². The lowest BCUT2D eigenvalue weighted by Gasteiger charge is -2.12. The molecular weight excluding hydrogens is 310 g/mol. The molecule has 0 saturated heterocycles. The number of pyridine rings is 1. The first-order valence-corrected chi connectivity index (χ1v) is 7.71. The number of primary amides is 1. The fourth-order valence-corrected chi connectivity index (χ4v) is 2.59. The number of benzene rings is 2. The molecular formula is C18H16ClN3O. The SMILES string of the molecule is CCc1ccc2cc(C(N)=O)c(Nc3ccccc3Cl)nc2c1. The predicted molar refractivity (Wildman–Crippen MR) is 94.4 cm³/mol. The van der Waals surface area contributed by atoms with Crippen molar-refractivity contribution in [3.8, 4) is 0 Å². The number of anilines is 2. The number of nitrogens with zero attached hydrogens (tertiary/aromatic N) is 1. The zero-order chi connectivity index (χ0) is 16.4. The number of nitrogens with two attached hydrogens (primary N) is 1. The largest absolute Gasteiger partial charge is 0.365 e. The van der Waals surface area contributed by atoms with Crippen LogP contribution < -0.4 is 11.1 Å². The van der Waals surface area contributed by atoms with Gasteiger partial charge in [-0.1, -0.05) is 42.8 Å². The standard InChI is InChI=1S/C18H16ClN3O/c1-2-11-7-8-12-10-13(17(20)23)18(22-16(12)9-11)21-15-6-4-3-5-14(15)19/h3-10H,2H2,1H3,(H2,20,23)(H,21,22). The van der Waals surface area contributed by atoms with E-state index in [0.29, 0.717) is 22.1 Å². The van der Waals surface area contributed by atoms with E-state index in [0.717, 1.165) is 17.3 Å². The molecule has 0 fully saturated rings. The minimum Gasteiger partial charge on any atom is -0.365 e. The smallest absolute Gasteiger partial charge is 0.252 e. The number of halogens is 1. The van der Waals surface area contributed by atoms with Crippen molar-refractivity contribution < 1.29 is 4.79 Å². The maximum Gasteiger partial charge on any atom is 0.252 e. The normalized spacial score (nSPS) is 10.7. The second-order valence-electron chi connectivity index (χ2n) is 5.23. The van der Waals surface area contributed by atoms with E-state index in [1.807, 2.05) is 36.4 Å². The minimum absolute atomic E-state index is 0.335. The van der Waals surface area contributed by atoms with Gasteiger partial charge in [-0.3, -0.25) is 4.79 Å². The van der Waals surface area contributed by atoms with Crippen molar-refractivity contribution in [2.24, 2.45) is 5.73 Å². The summed E-state index contributed by atoms with van der Waals surface area (Å²) in [6, 6.07) is 15.0.